The second-order valence-corrected chi connectivity index (χ2v) is 9.33. The number of aromatic nitrogens is 1. The van der Waals surface area contributed by atoms with Crippen molar-refractivity contribution in [2.45, 2.75) is 33.7 Å². The van der Waals surface area contributed by atoms with Gasteiger partial charge in [-0.1, -0.05) is 88.4 Å². The van der Waals surface area contributed by atoms with E-state index < -0.39 is 0 Å². The molecule has 166 valence electrons. The molecule has 0 radical (unpaired) electrons. The lowest BCUT2D eigenvalue weighted by Gasteiger charge is -2.39. The van der Waals surface area contributed by atoms with E-state index in [1.165, 1.54) is 0 Å². The molecule has 1 amide bonds. The van der Waals surface area contributed by atoms with Crippen LogP contribution in [0.5, 0.6) is 0 Å². The number of carbonyl (C=O) groups is 2. The molecule has 0 saturated carbocycles. The maximum Gasteiger partial charge on any atom is 0.233 e. The summed E-state index contributed by atoms with van der Waals surface area (Å²) in [5, 5.41) is 0.993. The van der Waals surface area contributed by atoms with E-state index in [0.717, 1.165) is 38.8 Å². The van der Waals surface area contributed by atoms with Crippen molar-refractivity contribution in [1.82, 2.24) is 4.57 Å². The summed E-state index contributed by atoms with van der Waals surface area (Å²) in [7, 11) is 0. The number of amides is 1. The molecule has 4 aromatic rings. The van der Waals surface area contributed by atoms with E-state index in [9.17, 15) is 9.59 Å². The van der Waals surface area contributed by atoms with Gasteiger partial charge in [0.1, 0.15) is 0 Å². The summed E-state index contributed by atoms with van der Waals surface area (Å²) in [6.45, 7) is 7.71. The molecule has 0 fully saturated rings. The van der Waals surface area contributed by atoms with Gasteiger partial charge in [-0.3, -0.25) is 19.1 Å². The molecular formula is C29H28N2O2. The van der Waals surface area contributed by atoms with Crippen LogP contribution in [0, 0.1) is 11.8 Å². The van der Waals surface area contributed by atoms with Crippen LogP contribution in [0.3, 0.4) is 0 Å². The van der Waals surface area contributed by atoms with Gasteiger partial charge in [0.2, 0.25) is 11.8 Å². The van der Waals surface area contributed by atoms with Crippen LogP contribution in [0.25, 0.3) is 22.0 Å². The first kappa shape index (κ1) is 21.2. The zero-order chi connectivity index (χ0) is 23.3. The van der Waals surface area contributed by atoms with Gasteiger partial charge in [0.25, 0.3) is 0 Å². The van der Waals surface area contributed by atoms with Gasteiger partial charge in [-0.2, -0.15) is 0 Å². The summed E-state index contributed by atoms with van der Waals surface area (Å²) >= 11 is 0. The Morgan fingerprint density at radius 2 is 1.30 bits per heavy atom. The predicted octanol–water partition coefficient (Wildman–Crippen LogP) is 6.70. The monoisotopic (exact) mass is 436 g/mol. The minimum Gasteiger partial charge on any atom is -0.300 e. The Morgan fingerprint density at radius 3 is 2.03 bits per heavy atom. The first-order valence-corrected chi connectivity index (χ1v) is 11.6. The highest BCUT2D eigenvalue weighted by molar-refractivity contribution is 6.04. The number of carbonyl (C=O) groups excluding carboxylic acids is 2. The molecule has 5 rings (SSSR count). The molecule has 0 bridgehead atoms. The second kappa shape index (κ2) is 8.04. The Bertz CT molecular complexity index is 1380. The largest absolute Gasteiger partial charge is 0.300 e. The fraction of sp³-hybridized carbons (Fsp3) is 0.241. The molecule has 1 aliphatic heterocycles. The van der Waals surface area contributed by atoms with Crippen LogP contribution in [-0.2, 0) is 4.79 Å². The molecule has 0 aliphatic carbocycles. The number of benzene rings is 3. The molecule has 4 nitrogen and oxygen atoms in total. The van der Waals surface area contributed by atoms with Crippen LogP contribution < -0.4 is 4.90 Å². The van der Waals surface area contributed by atoms with Crippen molar-refractivity contribution in [1.29, 1.82) is 0 Å². The van der Waals surface area contributed by atoms with Gasteiger partial charge in [-0.05, 0) is 23.3 Å². The van der Waals surface area contributed by atoms with Gasteiger partial charge in [0.15, 0.2) is 0 Å². The summed E-state index contributed by atoms with van der Waals surface area (Å²) in [5.74, 6) is -0.199. The van der Waals surface area contributed by atoms with Crippen molar-refractivity contribution in [2.24, 2.45) is 11.8 Å². The number of rotatable bonds is 3. The molecule has 3 aromatic carbocycles. The smallest absolute Gasteiger partial charge is 0.233 e. The molecule has 4 heteroatoms. The molecule has 1 atom stereocenters. The summed E-state index contributed by atoms with van der Waals surface area (Å²) in [6, 6.07) is 24.1. The zero-order valence-electron chi connectivity index (χ0n) is 19.4. The van der Waals surface area contributed by atoms with Crippen molar-refractivity contribution in [2.75, 3.05) is 4.90 Å². The van der Waals surface area contributed by atoms with Crippen molar-refractivity contribution in [3.63, 3.8) is 0 Å². The number of nitrogens with zero attached hydrogens (tertiary/aromatic N) is 2. The molecule has 0 N–H and O–H groups in total. The van der Waals surface area contributed by atoms with Crippen LogP contribution in [0.1, 0.15) is 49.7 Å². The zero-order valence-corrected chi connectivity index (χ0v) is 19.4. The van der Waals surface area contributed by atoms with Gasteiger partial charge >= 0.3 is 0 Å². The van der Waals surface area contributed by atoms with E-state index in [-0.39, 0.29) is 29.7 Å². The average molecular weight is 437 g/mol. The quantitative estimate of drug-likeness (QED) is 0.359. The first-order valence-electron chi connectivity index (χ1n) is 11.6. The predicted molar refractivity (Wildman–Crippen MR) is 133 cm³/mol. The Kier molecular flexibility index (Phi) is 5.16. The third kappa shape index (κ3) is 3.29. The van der Waals surface area contributed by atoms with E-state index in [4.69, 9.17) is 0 Å². The number of fused-ring (bicyclic) bond motifs is 4. The topological polar surface area (TPSA) is 42.3 Å². The van der Waals surface area contributed by atoms with E-state index in [1.807, 2.05) is 87.3 Å². The van der Waals surface area contributed by atoms with Gasteiger partial charge in [-0.25, -0.2) is 0 Å². The van der Waals surface area contributed by atoms with Crippen LogP contribution in [0.2, 0.25) is 0 Å². The number of hydrogen-bond acceptors (Lipinski definition) is 2. The van der Waals surface area contributed by atoms with Crippen LogP contribution in [0.15, 0.2) is 79.0 Å². The number of para-hydroxylation sites is 2. The Hall–Kier alpha value is -3.66. The molecular weight excluding hydrogens is 408 g/mol. The molecule has 2 heterocycles. The Morgan fingerprint density at radius 1 is 0.697 bits per heavy atom. The summed E-state index contributed by atoms with van der Waals surface area (Å²) in [4.78, 5) is 28.7. The van der Waals surface area contributed by atoms with Gasteiger partial charge in [0, 0.05) is 34.5 Å². The third-order valence-corrected chi connectivity index (χ3v) is 6.47. The Labute approximate surface area is 194 Å². The average Bonchev–Trinajstić information content (AvgIpc) is 3.21. The summed E-state index contributed by atoms with van der Waals surface area (Å²) in [6.07, 6.45) is 1.95. The fourth-order valence-electron chi connectivity index (χ4n) is 4.89. The highest BCUT2D eigenvalue weighted by Crippen LogP contribution is 2.49. The lowest BCUT2D eigenvalue weighted by Crippen LogP contribution is -2.40. The van der Waals surface area contributed by atoms with E-state index in [1.54, 1.807) is 4.57 Å². The second-order valence-electron chi connectivity index (χ2n) is 9.33. The van der Waals surface area contributed by atoms with Gasteiger partial charge in [-0.15, -0.1) is 0 Å². The fourth-order valence-corrected chi connectivity index (χ4v) is 4.89. The van der Waals surface area contributed by atoms with Crippen molar-refractivity contribution < 1.29 is 9.59 Å². The molecule has 1 aromatic heterocycles. The van der Waals surface area contributed by atoms with Crippen LogP contribution >= 0.6 is 0 Å². The van der Waals surface area contributed by atoms with Crippen molar-refractivity contribution in [3.8, 4) is 11.1 Å². The molecule has 0 spiro atoms. The standard InChI is InChI=1S/C29H28N2O2/c1-18(2)28(32)30-17-24(22-13-7-9-15-25(22)30)27-23-14-6-5-11-20(23)21-12-8-10-16-26(21)31(27)29(33)19(3)4/h5-19,27H,1-4H3. The minimum atomic E-state index is -0.322. The van der Waals surface area contributed by atoms with E-state index in [2.05, 4.69) is 24.3 Å². The van der Waals surface area contributed by atoms with Crippen molar-refractivity contribution in [3.05, 3.63) is 90.1 Å². The molecule has 1 unspecified atom stereocenters. The van der Waals surface area contributed by atoms with E-state index >= 15 is 0 Å². The van der Waals surface area contributed by atoms with Crippen molar-refractivity contribution >= 4 is 28.4 Å². The number of anilines is 1. The highest BCUT2D eigenvalue weighted by Gasteiger charge is 2.38. The highest BCUT2D eigenvalue weighted by atomic mass is 16.2. The lowest BCUT2D eigenvalue weighted by molar-refractivity contribution is -0.121. The first-order chi connectivity index (χ1) is 15.9. The molecule has 0 saturated heterocycles. The number of hydrogen-bond donors (Lipinski definition) is 0. The molecule has 33 heavy (non-hydrogen) atoms. The lowest BCUT2D eigenvalue weighted by atomic mass is 9.84. The summed E-state index contributed by atoms with van der Waals surface area (Å²) < 4.78 is 1.76. The van der Waals surface area contributed by atoms with Crippen LogP contribution in [-0.4, -0.2) is 16.4 Å². The third-order valence-electron chi connectivity index (χ3n) is 6.47. The van der Waals surface area contributed by atoms with E-state index in [0.29, 0.717) is 0 Å². The maximum absolute atomic E-state index is 13.7. The molecule has 1 aliphatic rings. The van der Waals surface area contributed by atoms with Crippen LogP contribution in [0.4, 0.5) is 5.69 Å². The van der Waals surface area contributed by atoms with Gasteiger partial charge in [0.05, 0.1) is 17.2 Å². The minimum absolute atomic E-state index is 0.0451. The van der Waals surface area contributed by atoms with Gasteiger partial charge < -0.3 is 0 Å². The maximum atomic E-state index is 13.7. The SMILES string of the molecule is CC(C)C(=O)N1c2ccccc2-c2ccccc2C1c1cn(C(=O)C(C)C)c2ccccc12. The Balaban J connectivity index is 1.84. The normalized spacial score (nSPS) is 15.1. The summed E-state index contributed by atoms with van der Waals surface area (Å²) in [5.41, 5.74) is 6.00.